The predicted octanol–water partition coefficient (Wildman–Crippen LogP) is 6.20. The molecule has 3 rings (SSSR count). The smallest absolute Gasteiger partial charge is 0.266 e. The summed E-state index contributed by atoms with van der Waals surface area (Å²) in [4.78, 5) is 12.7. The van der Waals surface area contributed by atoms with Gasteiger partial charge in [-0.25, -0.2) is 0 Å². The normalized spacial score (nSPS) is 10.9. The fourth-order valence-corrected chi connectivity index (χ4v) is 3.37. The number of aryl methyl sites for hydroxylation is 2. The molecule has 5 nitrogen and oxygen atoms in total. The Morgan fingerprint density at radius 3 is 2.47 bits per heavy atom. The zero-order valence-corrected chi connectivity index (χ0v) is 19.7. The Bertz CT molecular complexity index is 1190. The molecule has 0 aliphatic heterocycles. The van der Waals surface area contributed by atoms with Crippen LogP contribution in [0.5, 0.6) is 11.5 Å². The lowest BCUT2D eigenvalue weighted by atomic mass is 10.1. The van der Waals surface area contributed by atoms with Crippen LogP contribution in [0, 0.1) is 25.2 Å². The second-order valence-corrected chi connectivity index (χ2v) is 8.16. The van der Waals surface area contributed by atoms with Gasteiger partial charge in [-0.3, -0.25) is 4.79 Å². The molecule has 32 heavy (non-hydrogen) atoms. The van der Waals surface area contributed by atoms with E-state index in [0.717, 1.165) is 10.0 Å². The second-order valence-electron chi connectivity index (χ2n) is 7.24. The van der Waals surface area contributed by atoms with Crippen molar-refractivity contribution < 1.29 is 14.3 Å². The number of hydrogen-bond donors (Lipinski definition) is 1. The predicted molar refractivity (Wildman–Crippen MR) is 130 cm³/mol. The molecule has 3 aromatic rings. The van der Waals surface area contributed by atoms with E-state index in [1.807, 2.05) is 30.3 Å². The number of carbonyl (C=O) groups is 1. The average molecular weight is 491 g/mol. The summed E-state index contributed by atoms with van der Waals surface area (Å²) in [5.41, 5.74) is 4.63. The number of anilines is 1. The molecule has 1 N–H and O–H groups in total. The van der Waals surface area contributed by atoms with E-state index < -0.39 is 5.91 Å². The van der Waals surface area contributed by atoms with Crippen LogP contribution in [0.4, 0.5) is 5.69 Å². The van der Waals surface area contributed by atoms with Gasteiger partial charge in [0.1, 0.15) is 29.7 Å². The molecule has 0 aliphatic rings. The van der Waals surface area contributed by atoms with Gasteiger partial charge in [-0.15, -0.1) is 0 Å². The number of nitrogens with zero attached hydrogens (tertiary/aromatic N) is 1. The van der Waals surface area contributed by atoms with Crippen LogP contribution >= 0.6 is 15.9 Å². The van der Waals surface area contributed by atoms with E-state index in [1.54, 1.807) is 31.4 Å². The summed E-state index contributed by atoms with van der Waals surface area (Å²) in [6.45, 7) is 4.51. The molecule has 0 saturated heterocycles. The number of hydrogen-bond acceptors (Lipinski definition) is 4. The van der Waals surface area contributed by atoms with Crippen LogP contribution in [0.15, 0.2) is 70.7 Å². The maximum absolute atomic E-state index is 12.7. The molecular formula is C26H23BrN2O3. The summed E-state index contributed by atoms with van der Waals surface area (Å²) in [7, 11) is 1.57. The molecule has 1 amide bonds. The van der Waals surface area contributed by atoms with Crippen molar-refractivity contribution in [3.05, 3.63) is 93.0 Å². The van der Waals surface area contributed by atoms with Crippen molar-refractivity contribution in [1.82, 2.24) is 0 Å². The van der Waals surface area contributed by atoms with Crippen molar-refractivity contribution in [2.24, 2.45) is 0 Å². The molecule has 0 radical (unpaired) electrons. The molecule has 162 valence electrons. The third-order valence-electron chi connectivity index (χ3n) is 4.95. The maximum Gasteiger partial charge on any atom is 0.266 e. The SMILES string of the molecule is COc1ccc(NC(=O)/C(C#N)=C/c2cc(Br)ccc2OCc2ccc(C)c(C)c2)cc1. The molecule has 0 aliphatic carbocycles. The van der Waals surface area contributed by atoms with Gasteiger partial charge < -0.3 is 14.8 Å². The fourth-order valence-electron chi connectivity index (χ4n) is 2.99. The van der Waals surface area contributed by atoms with Crippen molar-refractivity contribution in [3.63, 3.8) is 0 Å². The van der Waals surface area contributed by atoms with E-state index in [9.17, 15) is 10.1 Å². The van der Waals surface area contributed by atoms with E-state index in [0.29, 0.717) is 29.4 Å². The topological polar surface area (TPSA) is 71.3 Å². The highest BCUT2D eigenvalue weighted by Crippen LogP contribution is 2.27. The van der Waals surface area contributed by atoms with Crippen molar-refractivity contribution in [2.45, 2.75) is 20.5 Å². The number of halogens is 1. The number of ether oxygens (including phenoxy) is 2. The minimum Gasteiger partial charge on any atom is -0.497 e. The van der Waals surface area contributed by atoms with Gasteiger partial charge in [-0.1, -0.05) is 34.1 Å². The lowest BCUT2D eigenvalue weighted by Crippen LogP contribution is -2.13. The quantitative estimate of drug-likeness (QED) is 0.316. The van der Waals surface area contributed by atoms with Crippen molar-refractivity contribution in [1.29, 1.82) is 5.26 Å². The lowest BCUT2D eigenvalue weighted by molar-refractivity contribution is -0.112. The number of nitrogens with one attached hydrogen (secondary N) is 1. The largest absolute Gasteiger partial charge is 0.497 e. The summed E-state index contributed by atoms with van der Waals surface area (Å²) in [6, 6.07) is 20.5. The van der Waals surface area contributed by atoms with Gasteiger partial charge in [-0.2, -0.15) is 5.26 Å². The minimum atomic E-state index is -0.502. The Hall–Kier alpha value is -3.56. The Kier molecular flexibility index (Phi) is 7.69. The van der Waals surface area contributed by atoms with Gasteiger partial charge in [0, 0.05) is 15.7 Å². The van der Waals surface area contributed by atoms with Crippen LogP contribution in [-0.4, -0.2) is 13.0 Å². The molecule has 0 heterocycles. The standard InChI is InChI=1S/C26H23BrN2O3/c1-17-4-5-19(12-18(17)2)16-32-25-11-6-22(27)14-20(25)13-21(15-28)26(30)29-23-7-9-24(31-3)10-8-23/h4-14H,16H2,1-3H3,(H,29,30)/b21-13+. The molecule has 0 atom stereocenters. The summed E-state index contributed by atoms with van der Waals surface area (Å²) in [6.07, 6.45) is 1.53. The Labute approximate surface area is 196 Å². The van der Waals surface area contributed by atoms with Crippen LogP contribution in [0.25, 0.3) is 6.08 Å². The van der Waals surface area contributed by atoms with E-state index in [1.165, 1.54) is 17.2 Å². The molecule has 0 saturated carbocycles. The summed E-state index contributed by atoms with van der Waals surface area (Å²) >= 11 is 3.45. The highest BCUT2D eigenvalue weighted by Gasteiger charge is 2.12. The van der Waals surface area contributed by atoms with E-state index >= 15 is 0 Å². The number of benzene rings is 3. The number of carbonyl (C=O) groups excluding carboxylic acids is 1. The molecular weight excluding hydrogens is 468 g/mol. The third kappa shape index (κ3) is 5.99. The summed E-state index contributed by atoms with van der Waals surface area (Å²) < 4.78 is 12.0. The second kappa shape index (κ2) is 10.7. The molecule has 0 bridgehead atoms. The number of rotatable bonds is 7. The van der Waals surface area contributed by atoms with Crippen LogP contribution in [0.3, 0.4) is 0 Å². The van der Waals surface area contributed by atoms with Gasteiger partial charge in [0.15, 0.2) is 0 Å². The zero-order chi connectivity index (χ0) is 23.1. The molecule has 0 unspecified atom stereocenters. The number of amides is 1. The Balaban J connectivity index is 1.81. The molecule has 3 aromatic carbocycles. The fraction of sp³-hybridized carbons (Fsp3) is 0.154. The van der Waals surface area contributed by atoms with Crippen LogP contribution in [-0.2, 0) is 11.4 Å². The van der Waals surface area contributed by atoms with Gasteiger partial charge in [0.2, 0.25) is 0 Å². The molecule has 0 spiro atoms. The van der Waals surface area contributed by atoms with Gasteiger partial charge >= 0.3 is 0 Å². The van der Waals surface area contributed by atoms with Crippen molar-refractivity contribution >= 4 is 33.6 Å². The molecule has 0 aromatic heterocycles. The lowest BCUT2D eigenvalue weighted by Gasteiger charge is -2.12. The maximum atomic E-state index is 12.7. The number of methoxy groups -OCH3 is 1. The van der Waals surface area contributed by atoms with Gasteiger partial charge in [0.05, 0.1) is 7.11 Å². The highest BCUT2D eigenvalue weighted by molar-refractivity contribution is 9.10. The first-order chi connectivity index (χ1) is 15.4. The number of nitriles is 1. The monoisotopic (exact) mass is 490 g/mol. The summed E-state index contributed by atoms with van der Waals surface area (Å²) in [5.74, 6) is 0.757. The first kappa shape index (κ1) is 23.1. The van der Waals surface area contributed by atoms with Crippen LogP contribution in [0.1, 0.15) is 22.3 Å². The van der Waals surface area contributed by atoms with Crippen molar-refractivity contribution in [3.8, 4) is 17.6 Å². The van der Waals surface area contributed by atoms with E-state index in [2.05, 4.69) is 47.2 Å². The van der Waals surface area contributed by atoms with Crippen LogP contribution < -0.4 is 14.8 Å². The van der Waals surface area contributed by atoms with E-state index in [-0.39, 0.29) is 5.57 Å². The first-order valence-corrected chi connectivity index (χ1v) is 10.7. The summed E-state index contributed by atoms with van der Waals surface area (Å²) in [5, 5.41) is 12.3. The Morgan fingerprint density at radius 1 is 1.06 bits per heavy atom. The van der Waals surface area contributed by atoms with Crippen LogP contribution in [0.2, 0.25) is 0 Å². The van der Waals surface area contributed by atoms with E-state index in [4.69, 9.17) is 9.47 Å². The van der Waals surface area contributed by atoms with Gasteiger partial charge in [-0.05, 0) is 79.1 Å². The Morgan fingerprint density at radius 2 is 1.81 bits per heavy atom. The average Bonchev–Trinajstić information content (AvgIpc) is 2.79. The highest BCUT2D eigenvalue weighted by atomic mass is 79.9. The van der Waals surface area contributed by atoms with Crippen molar-refractivity contribution in [2.75, 3.05) is 12.4 Å². The molecule has 6 heteroatoms. The van der Waals surface area contributed by atoms with Gasteiger partial charge in [0.25, 0.3) is 5.91 Å². The third-order valence-corrected chi connectivity index (χ3v) is 5.44. The minimum absolute atomic E-state index is 0.0325. The zero-order valence-electron chi connectivity index (χ0n) is 18.1. The first-order valence-electron chi connectivity index (χ1n) is 9.95. The molecule has 0 fully saturated rings.